The van der Waals surface area contributed by atoms with Crippen molar-refractivity contribution in [1.29, 1.82) is 5.26 Å². The molecule has 0 bridgehead atoms. The van der Waals surface area contributed by atoms with E-state index in [-0.39, 0.29) is 34.1 Å². The van der Waals surface area contributed by atoms with Crippen molar-refractivity contribution in [1.82, 2.24) is 9.80 Å². The molecule has 0 aromatic heterocycles. The predicted octanol–water partition coefficient (Wildman–Crippen LogP) is 8.06. The lowest BCUT2D eigenvalue weighted by atomic mass is 9.80. The van der Waals surface area contributed by atoms with Crippen LogP contribution in [0.2, 0.25) is 10.0 Å². The molecule has 12 heteroatoms. The van der Waals surface area contributed by atoms with Crippen molar-refractivity contribution >= 4 is 46.7 Å². The Bertz CT molecular complexity index is 1640. The van der Waals surface area contributed by atoms with Gasteiger partial charge in [0.15, 0.2) is 0 Å². The van der Waals surface area contributed by atoms with Gasteiger partial charge >= 0.3 is 12.1 Å². The van der Waals surface area contributed by atoms with Crippen molar-refractivity contribution in [3.63, 3.8) is 0 Å². The number of anilines is 2. The van der Waals surface area contributed by atoms with E-state index in [4.69, 9.17) is 27.9 Å². The number of nitrogens with one attached hydrogen (secondary N) is 2. The SMILES string of the molecule is CCN(CCOC(=O)Nc1ccc(F)c(Cl)c1)CCN(C(=O)Nc1ccc(F)c(Cl)c1)[C@@H]1CC[C@@]2(c3cccc(C#N)c3)CC2C1. The van der Waals surface area contributed by atoms with E-state index in [1.54, 1.807) is 0 Å². The van der Waals surface area contributed by atoms with Crippen molar-refractivity contribution in [2.24, 2.45) is 5.92 Å². The first-order valence-electron chi connectivity index (χ1n) is 15.3. The van der Waals surface area contributed by atoms with Gasteiger partial charge in [-0.25, -0.2) is 18.4 Å². The number of carbonyl (C=O) groups is 2. The molecule has 2 N–H and O–H groups in total. The first-order chi connectivity index (χ1) is 22.1. The van der Waals surface area contributed by atoms with Gasteiger partial charge in [-0.3, -0.25) is 10.2 Å². The first kappa shape index (κ1) is 33.5. The van der Waals surface area contributed by atoms with Crippen molar-refractivity contribution in [2.75, 3.05) is 43.4 Å². The maximum absolute atomic E-state index is 13.8. The Morgan fingerprint density at radius 2 is 1.70 bits per heavy atom. The van der Waals surface area contributed by atoms with Crippen molar-refractivity contribution in [3.05, 3.63) is 93.5 Å². The molecule has 5 rings (SSSR count). The molecule has 0 saturated heterocycles. The molecule has 1 unspecified atom stereocenters. The zero-order valence-corrected chi connectivity index (χ0v) is 26.9. The number of urea groups is 1. The summed E-state index contributed by atoms with van der Waals surface area (Å²) in [7, 11) is 0. The molecule has 2 aliphatic rings. The van der Waals surface area contributed by atoms with Crippen LogP contribution in [0.15, 0.2) is 60.7 Å². The van der Waals surface area contributed by atoms with Crippen molar-refractivity contribution < 1.29 is 23.1 Å². The molecule has 3 amide bonds. The summed E-state index contributed by atoms with van der Waals surface area (Å²) in [6.07, 6.45) is 2.87. The zero-order chi connectivity index (χ0) is 32.8. The molecule has 46 heavy (non-hydrogen) atoms. The van der Waals surface area contributed by atoms with Crippen LogP contribution in [-0.2, 0) is 10.2 Å². The topological polar surface area (TPSA) is 97.7 Å². The summed E-state index contributed by atoms with van der Waals surface area (Å²) in [6, 6.07) is 17.7. The molecule has 2 fully saturated rings. The average Bonchev–Trinajstić information content (AvgIpc) is 3.79. The Balaban J connectivity index is 1.20. The molecule has 3 aromatic carbocycles. The molecule has 2 saturated carbocycles. The molecule has 2 aliphatic carbocycles. The number of likely N-dealkylation sites (N-methyl/N-ethyl adjacent to an activating group) is 1. The van der Waals surface area contributed by atoms with Crippen LogP contribution in [0.4, 0.5) is 29.7 Å². The minimum atomic E-state index is -0.687. The van der Waals surface area contributed by atoms with Crippen LogP contribution in [0.1, 0.15) is 43.7 Å². The number of benzene rings is 3. The highest BCUT2D eigenvalue weighted by atomic mass is 35.5. The summed E-state index contributed by atoms with van der Waals surface area (Å²) < 4.78 is 32.5. The number of hydrogen-bond donors (Lipinski definition) is 2. The fraction of sp³-hybridized carbons (Fsp3) is 0.382. The summed E-state index contributed by atoms with van der Waals surface area (Å²) in [6.45, 7) is 4.13. The Hall–Kier alpha value is -3.91. The number of nitrogens with zero attached hydrogens (tertiary/aromatic N) is 3. The lowest BCUT2D eigenvalue weighted by molar-refractivity contribution is 0.125. The molecular weight excluding hydrogens is 635 g/mol. The van der Waals surface area contributed by atoms with Crippen molar-refractivity contribution in [2.45, 2.75) is 44.1 Å². The highest BCUT2D eigenvalue weighted by Gasteiger charge is 2.58. The largest absolute Gasteiger partial charge is 0.448 e. The van der Waals surface area contributed by atoms with Gasteiger partial charge in [-0.2, -0.15) is 5.26 Å². The molecule has 3 aromatic rings. The van der Waals surface area contributed by atoms with E-state index in [0.29, 0.717) is 49.0 Å². The zero-order valence-electron chi connectivity index (χ0n) is 25.4. The maximum atomic E-state index is 13.8. The van der Waals surface area contributed by atoms with E-state index in [2.05, 4.69) is 27.7 Å². The summed E-state index contributed by atoms with van der Waals surface area (Å²) in [4.78, 5) is 29.9. The Kier molecular flexibility index (Phi) is 10.7. The Labute approximate surface area is 277 Å². The summed E-state index contributed by atoms with van der Waals surface area (Å²) >= 11 is 11.7. The van der Waals surface area contributed by atoms with Gasteiger partial charge in [0.1, 0.15) is 18.2 Å². The van der Waals surface area contributed by atoms with Gasteiger partial charge < -0.3 is 15.0 Å². The van der Waals surface area contributed by atoms with E-state index in [9.17, 15) is 23.6 Å². The van der Waals surface area contributed by atoms with Crippen LogP contribution in [-0.4, -0.2) is 60.8 Å². The number of ether oxygens (including phenoxy) is 1. The van der Waals surface area contributed by atoms with Gasteiger partial charge in [-0.05, 0) is 97.7 Å². The quantitative estimate of drug-likeness (QED) is 0.215. The molecular formula is C34H35Cl2F2N5O3. The van der Waals surface area contributed by atoms with E-state index in [1.807, 2.05) is 30.0 Å². The van der Waals surface area contributed by atoms with Gasteiger partial charge in [0, 0.05) is 37.1 Å². The highest BCUT2D eigenvalue weighted by molar-refractivity contribution is 6.31. The summed E-state index contributed by atoms with van der Waals surface area (Å²) in [5.41, 5.74) is 2.61. The van der Waals surface area contributed by atoms with Gasteiger partial charge in [0.05, 0.1) is 21.7 Å². The third kappa shape index (κ3) is 7.89. The fourth-order valence-electron chi connectivity index (χ4n) is 6.44. The van der Waals surface area contributed by atoms with Gasteiger partial charge in [0.2, 0.25) is 0 Å². The third-order valence-corrected chi connectivity index (χ3v) is 9.64. The van der Waals surface area contributed by atoms with E-state index >= 15 is 0 Å². The maximum Gasteiger partial charge on any atom is 0.411 e. The summed E-state index contributed by atoms with van der Waals surface area (Å²) in [5, 5.41) is 14.6. The highest BCUT2D eigenvalue weighted by Crippen LogP contribution is 2.62. The number of carbonyl (C=O) groups excluding carboxylic acids is 2. The molecule has 8 nitrogen and oxygen atoms in total. The standard InChI is InChI=1S/C34H35Cl2F2N5O3/c1-2-42(14-15-46-33(45)41-26-7-9-31(38)29(36)19-26)12-13-43(32(44)40-25-6-8-30(37)28(35)18-25)27-10-11-34(20-24(34)17-27)23-5-3-4-22(16-23)21-39/h3-9,16,18-19,24,27H,2,10-15,17,20H2,1H3,(H,40,44)(H,41,45)/t24?,27-,34+/m1/s1. The number of fused-ring (bicyclic) bond motifs is 1. The minimum Gasteiger partial charge on any atom is -0.448 e. The minimum absolute atomic E-state index is 0.0149. The van der Waals surface area contributed by atoms with Crippen LogP contribution in [0.5, 0.6) is 0 Å². The molecule has 0 aliphatic heterocycles. The van der Waals surface area contributed by atoms with Gasteiger partial charge in [0.25, 0.3) is 0 Å². The van der Waals surface area contributed by atoms with Crippen molar-refractivity contribution in [3.8, 4) is 6.07 Å². The lowest BCUT2D eigenvalue weighted by Crippen LogP contribution is -2.48. The Morgan fingerprint density at radius 1 is 1.00 bits per heavy atom. The molecule has 242 valence electrons. The van der Waals surface area contributed by atoms with Crippen LogP contribution < -0.4 is 10.6 Å². The first-order valence-corrected chi connectivity index (χ1v) is 16.0. The van der Waals surface area contributed by atoms with E-state index in [0.717, 1.165) is 31.7 Å². The second kappa shape index (κ2) is 14.7. The second-order valence-electron chi connectivity index (χ2n) is 11.8. The molecule has 3 atom stereocenters. The number of nitriles is 1. The van der Waals surface area contributed by atoms with Crippen LogP contribution in [0.25, 0.3) is 0 Å². The average molecular weight is 671 g/mol. The fourth-order valence-corrected chi connectivity index (χ4v) is 6.80. The second-order valence-corrected chi connectivity index (χ2v) is 12.6. The van der Waals surface area contributed by atoms with Gasteiger partial charge in [-0.1, -0.05) is 42.3 Å². The Morgan fingerprint density at radius 3 is 2.33 bits per heavy atom. The predicted molar refractivity (Wildman–Crippen MR) is 174 cm³/mol. The molecule has 0 radical (unpaired) electrons. The van der Waals surface area contributed by atoms with E-state index in [1.165, 1.54) is 35.9 Å². The normalized spacial score (nSPS) is 19.9. The van der Waals surface area contributed by atoms with Crippen LogP contribution in [0, 0.1) is 28.9 Å². The smallest absolute Gasteiger partial charge is 0.411 e. The van der Waals surface area contributed by atoms with Gasteiger partial charge in [-0.15, -0.1) is 0 Å². The number of halogens is 4. The molecule has 0 heterocycles. The molecule has 0 spiro atoms. The number of amides is 3. The number of rotatable bonds is 11. The van der Waals surface area contributed by atoms with Crippen LogP contribution in [0.3, 0.4) is 0 Å². The van der Waals surface area contributed by atoms with Crippen LogP contribution >= 0.6 is 23.2 Å². The third-order valence-electron chi connectivity index (χ3n) is 9.06. The lowest BCUT2D eigenvalue weighted by Gasteiger charge is -2.38. The summed E-state index contributed by atoms with van der Waals surface area (Å²) in [5.74, 6) is -0.746. The monoisotopic (exact) mass is 669 g/mol. The van der Waals surface area contributed by atoms with E-state index < -0.39 is 17.7 Å². The number of hydrogen-bond acceptors (Lipinski definition) is 5.